The lowest BCUT2D eigenvalue weighted by Gasteiger charge is -2.38. The Hall–Kier alpha value is -1.16. The topological polar surface area (TPSA) is 19.4 Å². The van der Waals surface area contributed by atoms with Gasteiger partial charge in [-0.2, -0.15) is 4.39 Å². The second-order valence-electron chi connectivity index (χ2n) is 4.11. The van der Waals surface area contributed by atoms with E-state index in [0.29, 0.717) is 6.04 Å². The maximum absolute atomic E-state index is 12.9. The minimum absolute atomic E-state index is 0.404. The van der Waals surface area contributed by atoms with Crippen molar-refractivity contribution in [1.82, 2.24) is 9.88 Å². The molecule has 0 bridgehead atoms. The molecule has 0 aliphatic carbocycles. The number of nitrogens with zero attached hydrogens (tertiary/aromatic N) is 3. The third-order valence-corrected chi connectivity index (χ3v) is 3.03. The summed E-state index contributed by atoms with van der Waals surface area (Å²) < 4.78 is 12.9. The summed E-state index contributed by atoms with van der Waals surface area (Å²) in [5.41, 5.74) is 0.933. The van der Waals surface area contributed by atoms with Crippen LogP contribution in [0.25, 0.3) is 0 Å². The maximum atomic E-state index is 12.9. The van der Waals surface area contributed by atoms with Gasteiger partial charge in [-0.25, -0.2) is 4.98 Å². The number of anilines is 1. The lowest BCUT2D eigenvalue weighted by molar-refractivity contribution is 0.234. The Kier molecular flexibility index (Phi) is 2.86. The Labute approximate surface area is 89.5 Å². The van der Waals surface area contributed by atoms with Gasteiger partial charge in [0.1, 0.15) is 0 Å². The highest BCUT2D eigenvalue weighted by atomic mass is 19.1. The Bertz CT molecular complexity index is 342. The van der Waals surface area contributed by atoms with Crippen LogP contribution < -0.4 is 4.90 Å². The summed E-state index contributed by atoms with van der Waals surface area (Å²) in [7, 11) is 2.12. The van der Waals surface area contributed by atoms with E-state index in [1.165, 1.54) is 12.3 Å². The monoisotopic (exact) mass is 209 g/mol. The van der Waals surface area contributed by atoms with Crippen molar-refractivity contribution < 1.29 is 4.39 Å². The number of aromatic nitrogens is 1. The molecule has 3 nitrogen and oxygen atoms in total. The Balaban J connectivity index is 2.12. The van der Waals surface area contributed by atoms with Gasteiger partial charge in [0.25, 0.3) is 0 Å². The second-order valence-corrected chi connectivity index (χ2v) is 4.11. The molecule has 82 valence electrons. The van der Waals surface area contributed by atoms with Crippen molar-refractivity contribution >= 4 is 5.69 Å². The van der Waals surface area contributed by atoms with Gasteiger partial charge in [-0.3, -0.25) is 0 Å². The van der Waals surface area contributed by atoms with Crippen molar-refractivity contribution in [3.8, 4) is 0 Å². The van der Waals surface area contributed by atoms with Crippen molar-refractivity contribution in [3.05, 3.63) is 24.3 Å². The Morgan fingerprint density at radius 2 is 2.27 bits per heavy atom. The number of rotatable bonds is 1. The summed E-state index contributed by atoms with van der Waals surface area (Å²) in [4.78, 5) is 8.08. The van der Waals surface area contributed by atoms with Crippen molar-refractivity contribution in [3.63, 3.8) is 0 Å². The highest BCUT2D eigenvalue weighted by molar-refractivity contribution is 5.45. The molecule has 2 heterocycles. The zero-order valence-corrected chi connectivity index (χ0v) is 9.15. The maximum Gasteiger partial charge on any atom is 0.214 e. The van der Waals surface area contributed by atoms with Crippen LogP contribution in [0.3, 0.4) is 0 Å². The summed E-state index contributed by atoms with van der Waals surface area (Å²) in [6.45, 7) is 5.10. The van der Waals surface area contributed by atoms with Gasteiger partial charge in [-0.1, -0.05) is 0 Å². The minimum atomic E-state index is -0.404. The first kappa shape index (κ1) is 10.4. The third-order valence-electron chi connectivity index (χ3n) is 3.03. The van der Waals surface area contributed by atoms with Crippen molar-refractivity contribution in [2.45, 2.75) is 13.0 Å². The van der Waals surface area contributed by atoms with Crippen molar-refractivity contribution in [2.75, 3.05) is 31.6 Å². The van der Waals surface area contributed by atoms with Gasteiger partial charge in [0.2, 0.25) is 5.95 Å². The van der Waals surface area contributed by atoms with E-state index < -0.39 is 5.95 Å². The van der Waals surface area contributed by atoms with Gasteiger partial charge >= 0.3 is 0 Å². The van der Waals surface area contributed by atoms with E-state index in [4.69, 9.17) is 0 Å². The fraction of sp³-hybridized carbons (Fsp3) is 0.545. The molecule has 1 aromatic heterocycles. The molecule has 0 aromatic carbocycles. The van der Waals surface area contributed by atoms with E-state index in [1.807, 2.05) is 6.07 Å². The molecule has 1 aliphatic heterocycles. The molecule has 1 saturated heterocycles. The Morgan fingerprint density at radius 1 is 1.47 bits per heavy atom. The van der Waals surface area contributed by atoms with Crippen molar-refractivity contribution in [2.24, 2.45) is 0 Å². The molecule has 0 amide bonds. The van der Waals surface area contributed by atoms with Crippen molar-refractivity contribution in [1.29, 1.82) is 0 Å². The molecule has 1 aliphatic rings. The molecule has 2 rings (SSSR count). The summed E-state index contributed by atoms with van der Waals surface area (Å²) in [6.07, 6.45) is 1.52. The molecule has 0 radical (unpaired) electrons. The predicted molar refractivity (Wildman–Crippen MR) is 58.5 cm³/mol. The molecule has 1 aromatic rings. The number of hydrogen-bond donors (Lipinski definition) is 0. The number of piperazine rings is 1. The first-order valence-electron chi connectivity index (χ1n) is 5.23. The largest absolute Gasteiger partial charge is 0.369 e. The summed E-state index contributed by atoms with van der Waals surface area (Å²) in [5.74, 6) is -0.404. The van der Waals surface area contributed by atoms with Crippen LogP contribution in [-0.4, -0.2) is 42.6 Å². The fourth-order valence-corrected chi connectivity index (χ4v) is 1.87. The number of likely N-dealkylation sites (N-methyl/N-ethyl adjacent to an activating group) is 1. The zero-order valence-electron chi connectivity index (χ0n) is 9.15. The lowest BCUT2D eigenvalue weighted by atomic mass is 10.2. The molecular weight excluding hydrogens is 193 g/mol. The van der Waals surface area contributed by atoms with E-state index in [-0.39, 0.29) is 0 Å². The number of halogens is 1. The van der Waals surface area contributed by atoms with Crippen LogP contribution in [-0.2, 0) is 0 Å². The van der Waals surface area contributed by atoms with Gasteiger partial charge in [0.15, 0.2) is 0 Å². The Morgan fingerprint density at radius 3 is 2.93 bits per heavy atom. The van der Waals surface area contributed by atoms with Crippen LogP contribution >= 0.6 is 0 Å². The number of hydrogen-bond acceptors (Lipinski definition) is 3. The van der Waals surface area contributed by atoms with Gasteiger partial charge < -0.3 is 9.80 Å². The standard InChI is InChI=1S/C11H16FN3/c1-9-8-15(6-5-14(9)2)10-3-4-13-11(12)7-10/h3-4,7,9H,5-6,8H2,1-2H3. The van der Waals surface area contributed by atoms with E-state index in [9.17, 15) is 4.39 Å². The molecule has 0 saturated carbocycles. The van der Waals surface area contributed by atoms with Gasteiger partial charge in [0, 0.05) is 43.6 Å². The average molecular weight is 209 g/mol. The first-order chi connectivity index (χ1) is 7.16. The van der Waals surface area contributed by atoms with E-state index >= 15 is 0 Å². The fourth-order valence-electron chi connectivity index (χ4n) is 1.87. The summed E-state index contributed by atoms with van der Waals surface area (Å²) in [6, 6.07) is 3.87. The van der Waals surface area contributed by atoms with E-state index in [2.05, 4.69) is 28.8 Å². The van der Waals surface area contributed by atoms with E-state index in [1.54, 1.807) is 0 Å². The highest BCUT2D eigenvalue weighted by Gasteiger charge is 2.20. The zero-order chi connectivity index (χ0) is 10.8. The summed E-state index contributed by atoms with van der Waals surface area (Å²) >= 11 is 0. The molecule has 0 spiro atoms. The minimum Gasteiger partial charge on any atom is -0.369 e. The molecule has 1 atom stereocenters. The quantitative estimate of drug-likeness (QED) is 0.651. The van der Waals surface area contributed by atoms with Crippen LogP contribution in [0, 0.1) is 5.95 Å². The van der Waals surface area contributed by atoms with Crippen LogP contribution in [0.15, 0.2) is 18.3 Å². The van der Waals surface area contributed by atoms with Gasteiger partial charge in [-0.15, -0.1) is 0 Å². The van der Waals surface area contributed by atoms with E-state index in [0.717, 1.165) is 25.3 Å². The van der Waals surface area contributed by atoms with Gasteiger partial charge in [-0.05, 0) is 20.0 Å². The van der Waals surface area contributed by atoms with Crippen LogP contribution in [0.4, 0.5) is 10.1 Å². The second kappa shape index (κ2) is 4.14. The van der Waals surface area contributed by atoms with Gasteiger partial charge in [0.05, 0.1) is 0 Å². The third kappa shape index (κ3) is 2.26. The molecule has 1 unspecified atom stereocenters. The molecular formula is C11H16FN3. The SMILES string of the molecule is CC1CN(c2ccnc(F)c2)CCN1C. The van der Waals surface area contributed by atoms with Crippen LogP contribution in [0.1, 0.15) is 6.92 Å². The smallest absolute Gasteiger partial charge is 0.214 e. The first-order valence-corrected chi connectivity index (χ1v) is 5.23. The normalized spacial score (nSPS) is 23.1. The summed E-state index contributed by atoms with van der Waals surface area (Å²) in [5, 5.41) is 0. The molecule has 1 fully saturated rings. The molecule has 4 heteroatoms. The predicted octanol–water partition coefficient (Wildman–Crippen LogP) is 1.36. The average Bonchev–Trinajstić information content (AvgIpc) is 2.22. The van der Waals surface area contributed by atoms with Crippen LogP contribution in [0.2, 0.25) is 0 Å². The van der Waals surface area contributed by atoms with Crippen LogP contribution in [0.5, 0.6) is 0 Å². The lowest BCUT2D eigenvalue weighted by Crippen LogP contribution is -2.50. The number of pyridine rings is 1. The molecule has 15 heavy (non-hydrogen) atoms. The molecule has 0 N–H and O–H groups in total. The highest BCUT2D eigenvalue weighted by Crippen LogP contribution is 2.18.